The van der Waals surface area contributed by atoms with Crippen LogP contribution >= 0.6 is 0 Å². The Morgan fingerprint density at radius 2 is 2.00 bits per heavy atom. The van der Waals surface area contributed by atoms with Gasteiger partial charge in [0.15, 0.2) is 0 Å². The molecule has 0 unspecified atom stereocenters. The van der Waals surface area contributed by atoms with Gasteiger partial charge < -0.3 is 9.47 Å². The standard InChI is InChI=1S/C15H21NO3/c1-11-5-4-10-16(11)14(15(17)19-3)12-6-8-13(18-2)9-7-12/h6-9,11,14H,4-5,10H2,1-3H3/t11-,14-/m0/s1. The summed E-state index contributed by atoms with van der Waals surface area (Å²) in [5.41, 5.74) is 0.960. The predicted octanol–water partition coefficient (Wildman–Crippen LogP) is 2.39. The Labute approximate surface area is 114 Å². The molecule has 19 heavy (non-hydrogen) atoms. The van der Waals surface area contributed by atoms with Crippen molar-refractivity contribution in [3.8, 4) is 5.75 Å². The highest BCUT2D eigenvalue weighted by Crippen LogP contribution is 2.31. The van der Waals surface area contributed by atoms with Crippen molar-refractivity contribution in [1.29, 1.82) is 0 Å². The molecule has 0 amide bonds. The van der Waals surface area contributed by atoms with E-state index >= 15 is 0 Å². The molecule has 4 heteroatoms. The first-order valence-electron chi connectivity index (χ1n) is 6.65. The molecule has 0 saturated carbocycles. The first-order valence-corrected chi connectivity index (χ1v) is 6.65. The van der Waals surface area contributed by atoms with Crippen LogP contribution in [0.15, 0.2) is 24.3 Å². The predicted molar refractivity (Wildman–Crippen MR) is 73.2 cm³/mol. The smallest absolute Gasteiger partial charge is 0.327 e. The lowest BCUT2D eigenvalue weighted by molar-refractivity contribution is -0.147. The van der Waals surface area contributed by atoms with Gasteiger partial charge in [-0.2, -0.15) is 0 Å². The molecule has 0 N–H and O–H groups in total. The van der Waals surface area contributed by atoms with E-state index in [1.54, 1.807) is 7.11 Å². The quantitative estimate of drug-likeness (QED) is 0.782. The molecular weight excluding hydrogens is 242 g/mol. The van der Waals surface area contributed by atoms with E-state index < -0.39 is 0 Å². The monoisotopic (exact) mass is 263 g/mol. The maximum Gasteiger partial charge on any atom is 0.327 e. The fraction of sp³-hybridized carbons (Fsp3) is 0.533. The average Bonchev–Trinajstić information content (AvgIpc) is 2.86. The number of hydrogen-bond acceptors (Lipinski definition) is 4. The Bertz CT molecular complexity index is 430. The van der Waals surface area contributed by atoms with Gasteiger partial charge in [0.1, 0.15) is 11.8 Å². The van der Waals surface area contributed by atoms with Crippen molar-refractivity contribution in [3.63, 3.8) is 0 Å². The molecule has 1 heterocycles. The van der Waals surface area contributed by atoms with E-state index in [9.17, 15) is 4.79 Å². The summed E-state index contributed by atoms with van der Waals surface area (Å²) < 4.78 is 10.1. The third-order valence-electron chi connectivity index (χ3n) is 3.79. The van der Waals surface area contributed by atoms with Gasteiger partial charge in [0.2, 0.25) is 0 Å². The lowest BCUT2D eigenvalue weighted by atomic mass is 10.0. The number of nitrogens with zero attached hydrogens (tertiary/aromatic N) is 1. The van der Waals surface area contributed by atoms with Gasteiger partial charge in [0.25, 0.3) is 0 Å². The van der Waals surface area contributed by atoms with Gasteiger partial charge in [-0.3, -0.25) is 4.90 Å². The maximum absolute atomic E-state index is 12.1. The Hall–Kier alpha value is -1.55. The number of benzene rings is 1. The van der Waals surface area contributed by atoms with Crippen LogP contribution in [0.2, 0.25) is 0 Å². The normalized spacial score (nSPS) is 21.1. The Morgan fingerprint density at radius 3 is 2.47 bits per heavy atom. The number of carbonyl (C=O) groups excluding carboxylic acids is 1. The van der Waals surface area contributed by atoms with Gasteiger partial charge in [-0.25, -0.2) is 4.79 Å². The van der Waals surface area contributed by atoms with Crippen molar-refractivity contribution < 1.29 is 14.3 Å². The summed E-state index contributed by atoms with van der Waals surface area (Å²) >= 11 is 0. The second-order valence-corrected chi connectivity index (χ2v) is 4.93. The summed E-state index contributed by atoms with van der Waals surface area (Å²) in [7, 11) is 3.08. The maximum atomic E-state index is 12.1. The van der Waals surface area contributed by atoms with Crippen LogP contribution in [0.4, 0.5) is 0 Å². The topological polar surface area (TPSA) is 38.8 Å². The minimum absolute atomic E-state index is 0.195. The molecule has 0 bridgehead atoms. The fourth-order valence-electron chi connectivity index (χ4n) is 2.70. The van der Waals surface area contributed by atoms with Crippen LogP contribution in [0.25, 0.3) is 0 Å². The van der Waals surface area contributed by atoms with E-state index in [-0.39, 0.29) is 12.0 Å². The second kappa shape index (κ2) is 6.06. The molecule has 1 fully saturated rings. The van der Waals surface area contributed by atoms with E-state index in [1.165, 1.54) is 7.11 Å². The number of hydrogen-bond donors (Lipinski definition) is 0. The lowest BCUT2D eigenvalue weighted by Gasteiger charge is -2.29. The fourth-order valence-corrected chi connectivity index (χ4v) is 2.70. The highest BCUT2D eigenvalue weighted by atomic mass is 16.5. The van der Waals surface area contributed by atoms with Crippen LogP contribution in [-0.2, 0) is 9.53 Å². The van der Waals surface area contributed by atoms with Crippen molar-refractivity contribution >= 4 is 5.97 Å². The first-order chi connectivity index (χ1) is 9.17. The average molecular weight is 263 g/mol. The minimum Gasteiger partial charge on any atom is -0.497 e. The van der Waals surface area contributed by atoms with E-state index in [0.29, 0.717) is 6.04 Å². The van der Waals surface area contributed by atoms with Crippen molar-refractivity contribution in [2.45, 2.75) is 31.8 Å². The van der Waals surface area contributed by atoms with Crippen molar-refractivity contribution in [1.82, 2.24) is 4.90 Å². The molecule has 1 aliphatic rings. The highest BCUT2D eigenvalue weighted by molar-refractivity contribution is 5.77. The van der Waals surface area contributed by atoms with Crippen molar-refractivity contribution in [3.05, 3.63) is 29.8 Å². The van der Waals surface area contributed by atoms with Crippen molar-refractivity contribution in [2.75, 3.05) is 20.8 Å². The zero-order valence-corrected chi connectivity index (χ0v) is 11.8. The Kier molecular flexibility index (Phi) is 4.43. The zero-order chi connectivity index (χ0) is 13.8. The summed E-state index contributed by atoms with van der Waals surface area (Å²) in [6, 6.07) is 7.73. The minimum atomic E-state index is -0.312. The van der Waals surface area contributed by atoms with E-state index in [2.05, 4.69) is 11.8 Å². The Morgan fingerprint density at radius 1 is 1.32 bits per heavy atom. The summed E-state index contributed by atoms with van der Waals surface area (Å²) in [5, 5.41) is 0. The molecule has 0 aromatic heterocycles. The van der Waals surface area contributed by atoms with Gasteiger partial charge in [0.05, 0.1) is 14.2 Å². The number of ether oxygens (including phenoxy) is 2. The zero-order valence-electron chi connectivity index (χ0n) is 11.8. The number of methoxy groups -OCH3 is 2. The van der Waals surface area contributed by atoms with Crippen LogP contribution < -0.4 is 4.74 Å². The lowest BCUT2D eigenvalue weighted by Crippen LogP contribution is -2.37. The van der Waals surface area contributed by atoms with Gasteiger partial charge in [0, 0.05) is 6.04 Å². The third-order valence-corrected chi connectivity index (χ3v) is 3.79. The summed E-state index contributed by atoms with van der Waals surface area (Å²) in [4.78, 5) is 14.3. The van der Waals surface area contributed by atoms with Crippen LogP contribution in [0.1, 0.15) is 31.4 Å². The molecule has 0 aliphatic carbocycles. The molecule has 1 aromatic rings. The molecular formula is C15H21NO3. The molecule has 2 rings (SSSR count). The largest absolute Gasteiger partial charge is 0.497 e. The number of rotatable bonds is 4. The van der Waals surface area contributed by atoms with E-state index in [4.69, 9.17) is 9.47 Å². The van der Waals surface area contributed by atoms with E-state index in [0.717, 1.165) is 30.7 Å². The van der Waals surface area contributed by atoms with Crippen LogP contribution in [-0.4, -0.2) is 37.7 Å². The molecule has 1 saturated heterocycles. The Balaban J connectivity index is 2.28. The van der Waals surface area contributed by atoms with E-state index in [1.807, 2.05) is 24.3 Å². The highest BCUT2D eigenvalue weighted by Gasteiger charge is 2.34. The summed E-state index contributed by atoms with van der Waals surface area (Å²) in [5.74, 6) is 0.598. The third kappa shape index (κ3) is 2.89. The van der Waals surface area contributed by atoms with Gasteiger partial charge in [-0.05, 0) is 44.0 Å². The van der Waals surface area contributed by atoms with Crippen LogP contribution in [0.5, 0.6) is 5.75 Å². The summed E-state index contributed by atoms with van der Waals surface area (Å²) in [6.07, 6.45) is 2.26. The molecule has 0 spiro atoms. The van der Waals surface area contributed by atoms with Crippen LogP contribution in [0.3, 0.4) is 0 Å². The number of carbonyl (C=O) groups is 1. The van der Waals surface area contributed by atoms with Gasteiger partial charge in [-0.1, -0.05) is 12.1 Å². The number of esters is 1. The first kappa shape index (κ1) is 13.9. The molecule has 2 atom stereocenters. The van der Waals surface area contributed by atoms with Crippen LogP contribution in [0, 0.1) is 0 Å². The summed E-state index contributed by atoms with van der Waals surface area (Å²) in [6.45, 7) is 3.10. The van der Waals surface area contributed by atoms with Gasteiger partial charge in [-0.15, -0.1) is 0 Å². The molecule has 1 aliphatic heterocycles. The number of likely N-dealkylation sites (tertiary alicyclic amines) is 1. The second-order valence-electron chi connectivity index (χ2n) is 4.93. The molecule has 0 radical (unpaired) electrons. The molecule has 1 aromatic carbocycles. The SMILES string of the molecule is COC(=O)[C@H](c1ccc(OC)cc1)N1CCC[C@@H]1C. The van der Waals surface area contributed by atoms with Gasteiger partial charge >= 0.3 is 5.97 Å². The molecule has 4 nitrogen and oxygen atoms in total. The van der Waals surface area contributed by atoms with Crippen molar-refractivity contribution in [2.24, 2.45) is 0 Å². The molecule has 104 valence electrons.